The Morgan fingerprint density at radius 3 is 2.65 bits per heavy atom. The van der Waals surface area contributed by atoms with Gasteiger partial charge in [-0.2, -0.15) is 0 Å². The molecule has 1 aromatic rings. The Kier molecular flexibility index (Phi) is 3.75. The van der Waals surface area contributed by atoms with Gasteiger partial charge in [0.05, 0.1) is 17.5 Å². The highest BCUT2D eigenvalue weighted by Gasteiger charge is 2.29. The molecule has 94 valence electrons. The first kappa shape index (κ1) is 12.9. The van der Waals surface area contributed by atoms with Gasteiger partial charge >= 0.3 is 0 Å². The number of hydrogen-bond donors (Lipinski definition) is 1. The van der Waals surface area contributed by atoms with E-state index in [2.05, 4.69) is 21.2 Å². The van der Waals surface area contributed by atoms with E-state index in [1.54, 1.807) is 0 Å². The maximum Gasteiger partial charge on any atom is 0.236 e. The average molecular weight is 319 g/mol. The molecule has 2 rings (SSSR count). The van der Waals surface area contributed by atoms with Crippen LogP contribution in [0.25, 0.3) is 0 Å². The Labute approximate surface area is 110 Å². The van der Waals surface area contributed by atoms with Gasteiger partial charge < -0.3 is 5.32 Å². The Balaban J connectivity index is 2.41. The average Bonchev–Trinajstić information content (AvgIpc) is 2.39. The summed E-state index contributed by atoms with van der Waals surface area (Å²) >= 11 is 3.35. The van der Waals surface area contributed by atoms with Crippen LogP contribution in [0.15, 0.2) is 28.7 Å². The van der Waals surface area contributed by atoms with Crippen LogP contribution in [-0.4, -0.2) is 33.3 Å². The van der Waals surface area contributed by atoms with Crippen LogP contribution in [0, 0.1) is 0 Å². The predicted octanol–water partition coefficient (Wildman–Crippen LogP) is 1.58. The van der Waals surface area contributed by atoms with Gasteiger partial charge in [-0.05, 0) is 31.2 Å². The van der Waals surface area contributed by atoms with Crippen molar-refractivity contribution in [1.29, 1.82) is 0 Å². The molecular weight excluding hydrogens is 304 g/mol. The van der Waals surface area contributed by atoms with Crippen molar-refractivity contribution in [2.45, 2.75) is 13.0 Å². The summed E-state index contributed by atoms with van der Waals surface area (Å²) in [4.78, 5) is 0. The van der Waals surface area contributed by atoms with Gasteiger partial charge in [0.25, 0.3) is 0 Å². The molecule has 17 heavy (non-hydrogen) atoms. The molecule has 0 aliphatic carbocycles. The van der Waals surface area contributed by atoms with Crippen LogP contribution in [-0.2, 0) is 10.0 Å². The Morgan fingerprint density at radius 2 is 2.00 bits per heavy atom. The van der Waals surface area contributed by atoms with E-state index in [0.717, 1.165) is 10.2 Å². The summed E-state index contributed by atoms with van der Waals surface area (Å²) in [5.74, 6) is 0.146. The van der Waals surface area contributed by atoms with Crippen LogP contribution < -0.4 is 9.62 Å². The highest BCUT2D eigenvalue weighted by atomic mass is 79.9. The van der Waals surface area contributed by atoms with Gasteiger partial charge in [-0.15, -0.1) is 0 Å². The highest BCUT2D eigenvalue weighted by Crippen LogP contribution is 2.24. The van der Waals surface area contributed by atoms with Gasteiger partial charge in [0.2, 0.25) is 10.0 Å². The number of sulfonamides is 1. The third kappa shape index (κ3) is 2.81. The van der Waals surface area contributed by atoms with Gasteiger partial charge in [0.15, 0.2) is 0 Å². The predicted molar refractivity (Wildman–Crippen MR) is 72.7 cm³/mol. The number of halogens is 1. The summed E-state index contributed by atoms with van der Waals surface area (Å²) in [7, 11) is -3.22. The van der Waals surface area contributed by atoms with E-state index in [4.69, 9.17) is 0 Å². The van der Waals surface area contributed by atoms with Gasteiger partial charge in [-0.25, -0.2) is 8.42 Å². The minimum atomic E-state index is -3.22. The van der Waals surface area contributed by atoms with Crippen LogP contribution in [0.1, 0.15) is 6.92 Å². The highest BCUT2D eigenvalue weighted by molar-refractivity contribution is 9.10. The zero-order chi connectivity index (χ0) is 12.5. The molecule has 1 aromatic carbocycles. The molecule has 0 saturated carbocycles. The lowest BCUT2D eigenvalue weighted by molar-refractivity contribution is 0.586. The van der Waals surface area contributed by atoms with Crippen molar-refractivity contribution in [3.63, 3.8) is 0 Å². The molecule has 0 radical (unpaired) electrons. The van der Waals surface area contributed by atoms with Crippen LogP contribution in [0.4, 0.5) is 5.69 Å². The summed E-state index contributed by atoms with van der Waals surface area (Å²) in [6.07, 6.45) is 0. The quantitative estimate of drug-likeness (QED) is 0.855. The number of nitrogens with zero attached hydrogens (tertiary/aromatic N) is 1. The minimum Gasteiger partial charge on any atom is -0.314 e. The fourth-order valence-corrected chi connectivity index (χ4v) is 3.90. The molecule has 0 aromatic heterocycles. The lowest BCUT2D eigenvalue weighted by atomic mass is 10.2. The molecule has 1 N–H and O–H groups in total. The topological polar surface area (TPSA) is 49.4 Å². The summed E-state index contributed by atoms with van der Waals surface area (Å²) in [5.41, 5.74) is 0.726. The molecule has 0 bridgehead atoms. The van der Waals surface area contributed by atoms with Gasteiger partial charge in [-0.1, -0.05) is 15.9 Å². The molecule has 0 spiro atoms. The van der Waals surface area contributed by atoms with Crippen molar-refractivity contribution in [2.24, 2.45) is 0 Å². The first-order valence-electron chi connectivity index (χ1n) is 5.49. The number of hydrogen-bond acceptors (Lipinski definition) is 3. The normalized spacial score (nSPS) is 24.4. The smallest absolute Gasteiger partial charge is 0.236 e. The van der Waals surface area contributed by atoms with Crippen LogP contribution in [0.3, 0.4) is 0 Å². The summed E-state index contributed by atoms with van der Waals surface area (Å²) < 4.78 is 26.8. The van der Waals surface area contributed by atoms with Crippen molar-refractivity contribution in [3.8, 4) is 0 Å². The van der Waals surface area contributed by atoms with E-state index < -0.39 is 10.0 Å². The lowest BCUT2D eigenvalue weighted by Gasteiger charge is -2.28. The second kappa shape index (κ2) is 4.96. The largest absolute Gasteiger partial charge is 0.314 e. The molecule has 1 heterocycles. The molecular formula is C11H15BrN2O2S. The maximum absolute atomic E-state index is 12.2. The molecule has 6 heteroatoms. The van der Waals surface area contributed by atoms with E-state index in [-0.39, 0.29) is 11.8 Å². The monoisotopic (exact) mass is 318 g/mol. The zero-order valence-corrected chi connectivity index (χ0v) is 12.0. The van der Waals surface area contributed by atoms with Crippen LogP contribution in [0.5, 0.6) is 0 Å². The number of anilines is 1. The van der Waals surface area contributed by atoms with Gasteiger partial charge in [-0.3, -0.25) is 4.31 Å². The van der Waals surface area contributed by atoms with Crippen molar-refractivity contribution in [2.75, 3.05) is 23.1 Å². The van der Waals surface area contributed by atoms with E-state index >= 15 is 0 Å². The Hall–Kier alpha value is -0.590. The van der Waals surface area contributed by atoms with E-state index in [1.165, 1.54) is 4.31 Å². The second-order valence-electron chi connectivity index (χ2n) is 4.14. The third-order valence-electron chi connectivity index (χ3n) is 2.76. The fourth-order valence-electron chi connectivity index (χ4n) is 1.97. The molecule has 1 unspecified atom stereocenters. The first-order valence-corrected chi connectivity index (χ1v) is 7.89. The summed E-state index contributed by atoms with van der Waals surface area (Å²) in [6.45, 7) is 3.10. The zero-order valence-electron chi connectivity index (χ0n) is 9.56. The summed E-state index contributed by atoms with van der Waals surface area (Å²) in [6, 6.07) is 7.29. The molecule has 1 atom stereocenters. The van der Waals surface area contributed by atoms with Crippen molar-refractivity contribution < 1.29 is 8.42 Å². The first-order chi connectivity index (χ1) is 8.00. The van der Waals surface area contributed by atoms with E-state index in [9.17, 15) is 8.42 Å². The molecule has 1 aliphatic rings. The standard InChI is InChI=1S/C11H15BrN2O2S/c1-9-8-13-6-7-17(15,16)14(9)11-4-2-10(12)3-5-11/h2-5,9,13H,6-8H2,1H3. The lowest BCUT2D eigenvalue weighted by Crippen LogP contribution is -2.41. The number of rotatable bonds is 1. The van der Waals surface area contributed by atoms with Crippen LogP contribution in [0.2, 0.25) is 0 Å². The Bertz CT molecular complexity index is 487. The second-order valence-corrected chi connectivity index (χ2v) is 7.02. The fraction of sp³-hybridized carbons (Fsp3) is 0.455. The molecule has 1 saturated heterocycles. The summed E-state index contributed by atoms with van der Waals surface area (Å²) in [5, 5.41) is 3.13. The van der Waals surface area contributed by atoms with E-state index in [0.29, 0.717) is 13.1 Å². The van der Waals surface area contributed by atoms with Crippen LogP contribution >= 0.6 is 15.9 Å². The van der Waals surface area contributed by atoms with Crippen molar-refractivity contribution in [1.82, 2.24) is 5.32 Å². The number of nitrogens with one attached hydrogen (secondary N) is 1. The third-order valence-corrected chi connectivity index (χ3v) is 5.18. The SMILES string of the molecule is CC1CNCCS(=O)(=O)N1c1ccc(Br)cc1. The molecule has 4 nitrogen and oxygen atoms in total. The van der Waals surface area contributed by atoms with Crippen molar-refractivity contribution >= 4 is 31.6 Å². The van der Waals surface area contributed by atoms with Gasteiger partial charge in [0.1, 0.15) is 0 Å². The molecule has 1 aliphatic heterocycles. The Morgan fingerprint density at radius 1 is 1.35 bits per heavy atom. The molecule has 1 fully saturated rings. The molecule has 0 amide bonds. The van der Waals surface area contributed by atoms with E-state index in [1.807, 2.05) is 31.2 Å². The maximum atomic E-state index is 12.2. The number of benzene rings is 1. The minimum absolute atomic E-state index is 0.0660. The van der Waals surface area contributed by atoms with Gasteiger partial charge in [0, 0.05) is 17.6 Å². The van der Waals surface area contributed by atoms with Crippen molar-refractivity contribution in [3.05, 3.63) is 28.7 Å².